The van der Waals surface area contributed by atoms with E-state index >= 15 is 4.39 Å². The first kappa shape index (κ1) is 26.8. The van der Waals surface area contributed by atoms with Gasteiger partial charge in [-0.15, -0.1) is 0 Å². The van der Waals surface area contributed by atoms with Crippen molar-refractivity contribution in [2.24, 2.45) is 5.92 Å². The molecule has 3 aromatic rings. The van der Waals surface area contributed by atoms with Gasteiger partial charge in [-0.25, -0.2) is 13.2 Å². The van der Waals surface area contributed by atoms with Crippen LogP contribution in [0.3, 0.4) is 0 Å². The summed E-state index contributed by atoms with van der Waals surface area (Å²) in [6.07, 6.45) is -0.480. The highest BCUT2D eigenvalue weighted by atomic mass is 35.5. The number of aromatic hydroxyl groups is 2. The molecule has 0 amide bonds. The van der Waals surface area contributed by atoms with Gasteiger partial charge in [0, 0.05) is 18.7 Å². The normalized spacial score (nSPS) is 20.6. The van der Waals surface area contributed by atoms with Gasteiger partial charge in [-0.1, -0.05) is 29.8 Å². The number of nitrogens with zero attached hydrogens (tertiary/aromatic N) is 1. The lowest BCUT2D eigenvalue weighted by atomic mass is 9.83. The van der Waals surface area contributed by atoms with E-state index in [4.69, 9.17) is 21.1 Å². The molecule has 2 fully saturated rings. The maximum atomic E-state index is 15.3. The molecule has 2 aliphatic heterocycles. The van der Waals surface area contributed by atoms with Crippen LogP contribution in [0.4, 0.5) is 13.2 Å². The summed E-state index contributed by atoms with van der Waals surface area (Å²) in [4.78, 5) is 1.59. The van der Waals surface area contributed by atoms with Crippen LogP contribution in [0.25, 0.3) is 11.1 Å². The molecule has 1 saturated carbocycles. The molecular weight excluding hydrogens is 543 g/mol. The van der Waals surface area contributed by atoms with E-state index in [-0.39, 0.29) is 28.9 Å². The van der Waals surface area contributed by atoms with E-state index in [1.54, 1.807) is 35.2 Å². The van der Waals surface area contributed by atoms with Crippen LogP contribution in [0.5, 0.6) is 23.0 Å². The molecule has 210 valence electrons. The average molecular weight is 572 g/mol. The van der Waals surface area contributed by atoms with Gasteiger partial charge in [0.25, 0.3) is 0 Å². The van der Waals surface area contributed by atoms with Crippen molar-refractivity contribution < 1.29 is 32.9 Å². The fourth-order valence-corrected chi connectivity index (χ4v) is 5.65. The number of likely N-dealkylation sites (tertiary alicyclic amines) is 1. The van der Waals surface area contributed by atoms with Gasteiger partial charge < -0.3 is 19.7 Å². The first-order chi connectivity index (χ1) is 19.3. The van der Waals surface area contributed by atoms with E-state index in [0.717, 1.165) is 24.0 Å². The molecule has 2 heterocycles. The van der Waals surface area contributed by atoms with Crippen LogP contribution in [0, 0.1) is 11.7 Å². The fourth-order valence-electron chi connectivity index (χ4n) is 5.53. The SMILES string of the molecule is Oc1cc(C2=C(C3CC3)c3c(ccc(O)c3F)OC2c2ccc(OC[C@H](F)N3CCC(F)CC3)cc2)ccc1Cl. The zero-order chi connectivity index (χ0) is 28.0. The summed E-state index contributed by atoms with van der Waals surface area (Å²) in [5.74, 6) is -0.450. The first-order valence-electron chi connectivity index (χ1n) is 13.5. The maximum Gasteiger partial charge on any atom is 0.187 e. The molecule has 6 rings (SSSR count). The third-order valence-corrected chi connectivity index (χ3v) is 8.14. The summed E-state index contributed by atoms with van der Waals surface area (Å²) in [5, 5.41) is 20.7. The molecule has 0 spiro atoms. The monoisotopic (exact) mass is 571 g/mol. The third-order valence-electron chi connectivity index (χ3n) is 7.82. The minimum atomic E-state index is -1.33. The largest absolute Gasteiger partial charge is 0.506 e. The van der Waals surface area contributed by atoms with Crippen molar-refractivity contribution in [1.82, 2.24) is 4.90 Å². The highest BCUT2D eigenvalue weighted by Crippen LogP contribution is 2.56. The molecule has 9 heteroatoms. The van der Waals surface area contributed by atoms with E-state index in [1.165, 1.54) is 12.1 Å². The topological polar surface area (TPSA) is 62.2 Å². The average Bonchev–Trinajstić information content (AvgIpc) is 3.80. The van der Waals surface area contributed by atoms with Gasteiger partial charge in [-0.2, -0.15) is 0 Å². The van der Waals surface area contributed by atoms with Crippen LogP contribution >= 0.6 is 11.6 Å². The number of halogens is 4. The lowest BCUT2D eigenvalue weighted by molar-refractivity contribution is 0.0107. The van der Waals surface area contributed by atoms with Gasteiger partial charge in [0.15, 0.2) is 17.9 Å². The summed E-state index contributed by atoms with van der Waals surface area (Å²) < 4.78 is 55.5. The number of hydrogen-bond acceptors (Lipinski definition) is 5. The van der Waals surface area contributed by atoms with E-state index in [0.29, 0.717) is 48.6 Å². The molecule has 0 radical (unpaired) electrons. The van der Waals surface area contributed by atoms with Crippen molar-refractivity contribution in [2.45, 2.75) is 44.3 Å². The number of fused-ring (bicyclic) bond motifs is 1. The van der Waals surface area contributed by atoms with Crippen LogP contribution in [-0.4, -0.2) is 47.3 Å². The molecule has 1 saturated heterocycles. The quantitative estimate of drug-likeness (QED) is 0.288. The number of alkyl halides is 2. The second kappa shape index (κ2) is 10.9. The van der Waals surface area contributed by atoms with Crippen molar-refractivity contribution in [3.8, 4) is 23.0 Å². The Morgan fingerprint density at radius 3 is 2.35 bits per heavy atom. The number of hydrogen-bond donors (Lipinski definition) is 2. The number of phenolic OH excluding ortho intramolecular Hbond substituents is 2. The predicted molar refractivity (Wildman–Crippen MR) is 147 cm³/mol. The van der Waals surface area contributed by atoms with Gasteiger partial charge in [0.05, 0.1) is 10.6 Å². The number of piperidine rings is 1. The molecule has 3 aromatic carbocycles. The Kier molecular flexibility index (Phi) is 7.31. The minimum Gasteiger partial charge on any atom is -0.506 e. The Hall–Kier alpha value is -3.36. The summed E-state index contributed by atoms with van der Waals surface area (Å²) in [6.45, 7) is 0.553. The zero-order valence-electron chi connectivity index (χ0n) is 21.6. The Morgan fingerprint density at radius 2 is 1.68 bits per heavy atom. The molecule has 1 aliphatic carbocycles. The van der Waals surface area contributed by atoms with E-state index in [9.17, 15) is 19.0 Å². The maximum absolute atomic E-state index is 15.3. The predicted octanol–water partition coefficient (Wildman–Crippen LogP) is 7.45. The molecule has 3 aliphatic rings. The Morgan fingerprint density at radius 1 is 0.950 bits per heavy atom. The number of phenols is 2. The van der Waals surface area contributed by atoms with Crippen LogP contribution in [-0.2, 0) is 0 Å². The van der Waals surface area contributed by atoms with Gasteiger partial charge in [0.2, 0.25) is 0 Å². The Bertz CT molecular complexity index is 1440. The van der Waals surface area contributed by atoms with Gasteiger partial charge in [-0.3, -0.25) is 4.90 Å². The van der Waals surface area contributed by atoms with E-state index in [1.807, 2.05) is 12.1 Å². The van der Waals surface area contributed by atoms with Gasteiger partial charge >= 0.3 is 0 Å². The second-order valence-corrected chi connectivity index (χ2v) is 11.0. The molecule has 2 N–H and O–H groups in total. The van der Waals surface area contributed by atoms with E-state index in [2.05, 4.69) is 0 Å². The highest BCUT2D eigenvalue weighted by Gasteiger charge is 2.40. The van der Waals surface area contributed by atoms with E-state index < -0.39 is 30.1 Å². The summed E-state index contributed by atoms with van der Waals surface area (Å²) in [7, 11) is 0. The van der Waals surface area contributed by atoms with Crippen molar-refractivity contribution >= 4 is 22.7 Å². The van der Waals surface area contributed by atoms with Gasteiger partial charge in [0.1, 0.15) is 36.1 Å². The van der Waals surface area contributed by atoms with Crippen LogP contribution in [0.1, 0.15) is 48.5 Å². The minimum absolute atomic E-state index is 0.0702. The number of allylic oxidation sites excluding steroid dienone is 1. The molecule has 0 bridgehead atoms. The molecule has 1 unspecified atom stereocenters. The van der Waals surface area contributed by atoms with Crippen molar-refractivity contribution in [3.63, 3.8) is 0 Å². The summed E-state index contributed by atoms with van der Waals surface area (Å²) in [5.41, 5.74) is 3.02. The number of rotatable bonds is 7. The van der Waals surface area contributed by atoms with Crippen LogP contribution < -0.4 is 9.47 Å². The molecular formula is C31H29ClF3NO4. The molecule has 2 atom stereocenters. The Labute approximate surface area is 235 Å². The zero-order valence-corrected chi connectivity index (χ0v) is 22.4. The molecule has 5 nitrogen and oxygen atoms in total. The summed E-state index contributed by atoms with van der Waals surface area (Å²) in [6, 6.07) is 14.8. The fraction of sp³-hybridized carbons (Fsp3) is 0.355. The lowest BCUT2D eigenvalue weighted by Gasteiger charge is -2.33. The van der Waals surface area contributed by atoms with Crippen molar-refractivity contribution in [3.05, 3.63) is 82.1 Å². The standard InChI is InChI=1S/C31H29ClF3NO4/c32-22-8-5-19(15-24(22)38)28-27(17-1-2-17)29-25(10-9-23(37)30(29)35)40-31(28)18-3-6-21(7-4-18)39-16-26(34)36-13-11-20(33)12-14-36/h3-10,15,17,20,26,31,37-38H,1-2,11-14,16H2/t26-,31?/m1/s1. The second-order valence-electron chi connectivity index (χ2n) is 10.6. The smallest absolute Gasteiger partial charge is 0.187 e. The lowest BCUT2D eigenvalue weighted by Crippen LogP contribution is -2.42. The Balaban J connectivity index is 1.32. The molecule has 0 aromatic heterocycles. The van der Waals surface area contributed by atoms with Crippen molar-refractivity contribution in [1.29, 1.82) is 0 Å². The molecule has 40 heavy (non-hydrogen) atoms. The number of ether oxygens (including phenoxy) is 2. The van der Waals surface area contributed by atoms with Crippen molar-refractivity contribution in [2.75, 3.05) is 19.7 Å². The van der Waals surface area contributed by atoms with Crippen LogP contribution in [0.2, 0.25) is 5.02 Å². The van der Waals surface area contributed by atoms with Crippen LogP contribution in [0.15, 0.2) is 54.6 Å². The highest BCUT2D eigenvalue weighted by molar-refractivity contribution is 6.32. The summed E-state index contributed by atoms with van der Waals surface area (Å²) >= 11 is 6.09. The first-order valence-corrected chi connectivity index (χ1v) is 13.8. The number of benzene rings is 3. The third kappa shape index (κ3) is 5.22. The van der Waals surface area contributed by atoms with Gasteiger partial charge in [-0.05, 0) is 84.7 Å².